The summed E-state index contributed by atoms with van der Waals surface area (Å²) in [5.41, 5.74) is 2.91. The van der Waals surface area contributed by atoms with E-state index in [1.807, 2.05) is 0 Å². The Balaban J connectivity index is 1.21. The van der Waals surface area contributed by atoms with Gasteiger partial charge in [-0.1, -0.05) is 0 Å². The number of hydrogen-bond acceptors (Lipinski definition) is 22. The van der Waals surface area contributed by atoms with Gasteiger partial charge in [-0.25, -0.2) is 38.6 Å². The van der Waals surface area contributed by atoms with Gasteiger partial charge >= 0.3 is 26.6 Å². The van der Waals surface area contributed by atoms with Gasteiger partial charge in [0.15, 0.2) is 28.9 Å². The van der Waals surface area contributed by atoms with Gasteiger partial charge < -0.3 is 39.7 Å². The van der Waals surface area contributed by atoms with E-state index in [9.17, 15) is 24.6 Å². The minimum absolute atomic E-state index is 0.0443. The number of nitrogens with one attached hydrogen (secondary N) is 1. The van der Waals surface area contributed by atoms with Crippen molar-refractivity contribution in [3.05, 3.63) is 35.2 Å². The first-order valence-corrected chi connectivity index (χ1v) is 24.5. The van der Waals surface area contributed by atoms with Crippen LogP contribution in [0.4, 0.5) is 5.82 Å². The summed E-state index contributed by atoms with van der Waals surface area (Å²) in [5, 5.41) is 23.1. The standard InChI is InChI=1S/C36H49N9O15P2S/c1-17-42-29-22(30(48)43-17)41-14-45(29)31-25-18(9-46)20(58-31)10-55-62(52,63-16-54-33(50)35(5,6)7)60-26-24(47)23(44-13-40-21-27(37)38-12-39-28(21)44)19-8-36(19,26)11-56-61(51,59-25)57-15-53-32(49)34(2,3)4/h12-14,18-20,23-26,31,46-47H,8-11,15-16H2,1-7H3,(H2,37,38,39)(H,42,43,48)/t18-,19-,20-,23-,24+,25-,26+,31-,36?,61+,62+/m1/s1. The van der Waals surface area contributed by atoms with Crippen LogP contribution in [0.5, 0.6) is 0 Å². The lowest BCUT2D eigenvalue weighted by atomic mass is 9.98. The minimum Gasteiger partial charge on any atom is -0.454 e. The molecule has 1 unspecified atom stereocenters. The molecule has 344 valence electrons. The van der Waals surface area contributed by atoms with Crippen LogP contribution in [0.2, 0.25) is 0 Å². The summed E-state index contributed by atoms with van der Waals surface area (Å²) >= 11 is 0.545. The maximum absolute atomic E-state index is 15.1. The summed E-state index contributed by atoms with van der Waals surface area (Å²) in [6, 6.07) is -0.853. The number of aryl methyl sites for hydroxylation is 1. The molecule has 2 aliphatic carbocycles. The normalized spacial score (nSPS) is 33.5. The Morgan fingerprint density at radius 1 is 1.00 bits per heavy atom. The molecule has 0 amide bonds. The molecule has 0 radical (unpaired) electrons. The lowest BCUT2D eigenvalue weighted by Crippen LogP contribution is -2.38. The van der Waals surface area contributed by atoms with Crippen molar-refractivity contribution in [2.24, 2.45) is 28.1 Å². The number of nitrogens with zero attached hydrogens (tertiary/aromatic N) is 7. The number of aliphatic hydroxyl groups is 2. The summed E-state index contributed by atoms with van der Waals surface area (Å²) in [7, 11) is -4.95. The van der Waals surface area contributed by atoms with E-state index in [4.69, 9.17) is 42.6 Å². The van der Waals surface area contributed by atoms with E-state index in [-0.39, 0.29) is 40.4 Å². The number of hydrogen-bond donors (Lipinski definition) is 4. The predicted molar refractivity (Wildman–Crippen MR) is 219 cm³/mol. The van der Waals surface area contributed by atoms with Crippen molar-refractivity contribution in [1.29, 1.82) is 0 Å². The molecule has 2 saturated heterocycles. The number of carbonyl (C=O) groups is 2. The molecule has 27 heteroatoms. The molecule has 11 atom stereocenters. The molecule has 2 bridgehead atoms. The Morgan fingerprint density at radius 2 is 1.70 bits per heavy atom. The molecular formula is C36H49N9O15P2S. The molecule has 2 saturated carbocycles. The average molecular weight is 942 g/mol. The molecule has 5 N–H and O–H groups in total. The third kappa shape index (κ3) is 8.58. The van der Waals surface area contributed by atoms with Gasteiger partial charge in [-0.3, -0.25) is 37.0 Å². The van der Waals surface area contributed by atoms with E-state index >= 15 is 9.13 Å². The fourth-order valence-electron chi connectivity index (χ4n) is 8.07. The van der Waals surface area contributed by atoms with E-state index in [2.05, 4.69) is 29.9 Å². The highest BCUT2D eigenvalue weighted by molar-refractivity contribution is 8.55. The predicted octanol–water partition coefficient (Wildman–Crippen LogP) is 3.15. The van der Waals surface area contributed by atoms with E-state index in [0.717, 1.165) is 0 Å². The maximum Gasteiger partial charge on any atom is 0.478 e. The number of imidazole rings is 2. The number of aromatic amines is 1. The zero-order valence-electron chi connectivity index (χ0n) is 35.3. The highest BCUT2D eigenvalue weighted by atomic mass is 32.7. The van der Waals surface area contributed by atoms with E-state index in [1.54, 1.807) is 53.0 Å². The van der Waals surface area contributed by atoms with Crippen LogP contribution in [0.1, 0.15) is 66.1 Å². The number of rotatable bonds is 9. The van der Waals surface area contributed by atoms with Crippen LogP contribution in [-0.2, 0) is 55.5 Å². The summed E-state index contributed by atoms with van der Waals surface area (Å²) in [6.07, 6.45) is -2.73. The molecular weight excluding hydrogens is 892 g/mol. The third-order valence-electron chi connectivity index (χ3n) is 11.5. The number of nitrogens with two attached hydrogens (primary N) is 1. The van der Waals surface area contributed by atoms with Gasteiger partial charge in [0, 0.05) is 22.7 Å². The maximum atomic E-state index is 15.1. The zero-order chi connectivity index (χ0) is 45.4. The third-order valence-corrected chi connectivity index (χ3v) is 16.2. The van der Waals surface area contributed by atoms with E-state index < -0.39 is 129 Å². The van der Waals surface area contributed by atoms with Gasteiger partial charge in [-0.05, 0) is 60.8 Å². The van der Waals surface area contributed by atoms with Crippen molar-refractivity contribution in [2.75, 3.05) is 38.3 Å². The number of ether oxygens (including phenoxy) is 3. The summed E-state index contributed by atoms with van der Waals surface area (Å²) < 4.78 is 81.0. The number of phosphoric ester groups is 1. The van der Waals surface area contributed by atoms with Gasteiger partial charge in [0.25, 0.3) is 5.56 Å². The number of esters is 2. The van der Waals surface area contributed by atoms with Crippen LogP contribution >= 0.6 is 26.0 Å². The number of aromatic nitrogens is 8. The van der Waals surface area contributed by atoms with E-state index in [0.29, 0.717) is 11.4 Å². The van der Waals surface area contributed by atoms with Crippen LogP contribution in [0, 0.1) is 35.0 Å². The van der Waals surface area contributed by atoms with Crippen molar-refractivity contribution in [2.45, 2.75) is 91.6 Å². The number of phosphoric acid groups is 1. The molecule has 4 aromatic heterocycles. The molecule has 2 aliphatic heterocycles. The molecule has 24 nitrogen and oxygen atoms in total. The lowest BCUT2D eigenvalue weighted by molar-refractivity contribution is -0.161. The first kappa shape index (κ1) is 45.7. The Hall–Kier alpha value is -3.87. The van der Waals surface area contributed by atoms with Crippen molar-refractivity contribution in [3.63, 3.8) is 0 Å². The highest BCUT2D eigenvalue weighted by Crippen LogP contribution is 2.74. The van der Waals surface area contributed by atoms with Gasteiger partial charge in [0.2, 0.25) is 6.79 Å². The summed E-state index contributed by atoms with van der Waals surface area (Å²) in [5.74, 6) is -3.14. The quantitative estimate of drug-likeness (QED) is 0.106. The molecule has 0 aromatic carbocycles. The van der Waals surface area contributed by atoms with Gasteiger partial charge in [0.05, 0.1) is 55.5 Å². The first-order chi connectivity index (χ1) is 29.6. The van der Waals surface area contributed by atoms with Crippen LogP contribution in [0.15, 0.2) is 23.8 Å². The second-order valence-electron chi connectivity index (χ2n) is 17.9. The number of anilines is 1. The summed E-state index contributed by atoms with van der Waals surface area (Å²) in [6.45, 7) is 4.10. The first-order valence-electron chi connectivity index (χ1n) is 19.9. The zero-order valence-corrected chi connectivity index (χ0v) is 37.9. The fraction of sp³-hybridized carbons (Fsp3) is 0.667. The molecule has 63 heavy (non-hydrogen) atoms. The van der Waals surface area contributed by atoms with Crippen molar-refractivity contribution in [1.82, 2.24) is 39.0 Å². The second kappa shape index (κ2) is 16.5. The lowest BCUT2D eigenvalue weighted by Gasteiger charge is -2.32. The Kier molecular flexibility index (Phi) is 12.0. The monoisotopic (exact) mass is 941 g/mol. The van der Waals surface area contributed by atoms with E-state index in [1.165, 1.54) is 23.5 Å². The summed E-state index contributed by atoms with van der Waals surface area (Å²) in [4.78, 5) is 62.4. The van der Waals surface area contributed by atoms with Crippen molar-refractivity contribution in [3.8, 4) is 0 Å². The number of H-pyrrole nitrogens is 1. The molecule has 6 heterocycles. The van der Waals surface area contributed by atoms with Crippen LogP contribution in [0.25, 0.3) is 22.3 Å². The van der Waals surface area contributed by atoms with Gasteiger partial charge in [0.1, 0.15) is 41.9 Å². The molecule has 4 fully saturated rings. The Morgan fingerprint density at radius 3 is 2.41 bits per heavy atom. The van der Waals surface area contributed by atoms with Crippen molar-refractivity contribution < 1.29 is 65.8 Å². The number of carbonyl (C=O) groups excluding carboxylic acids is 2. The largest absolute Gasteiger partial charge is 0.478 e. The smallest absolute Gasteiger partial charge is 0.454 e. The fourth-order valence-corrected chi connectivity index (χ4v) is 12.2. The molecule has 4 aliphatic rings. The topological polar surface area (TPSA) is 316 Å². The number of nitrogen functional groups attached to an aromatic ring is 1. The van der Waals surface area contributed by atoms with Gasteiger partial charge in [-0.2, -0.15) is 0 Å². The van der Waals surface area contributed by atoms with Gasteiger partial charge in [-0.15, -0.1) is 0 Å². The minimum atomic E-state index is -4.95. The van der Waals surface area contributed by atoms with Crippen LogP contribution in [-0.4, -0.2) is 118 Å². The second-order valence-corrected chi connectivity index (χ2v) is 23.5. The Labute approximate surface area is 363 Å². The average Bonchev–Trinajstić information content (AvgIpc) is 3.49. The van der Waals surface area contributed by atoms with Crippen LogP contribution < -0.4 is 11.3 Å². The number of fused-ring (bicyclic) bond motifs is 4. The SMILES string of the molecule is Cc1nc2c(ncn2[C@@H]2O[C@@H]3CO[P@](=O)(SCOC(=O)C(C)(C)C)O[C@H]4[C@@H](O)[C@H](n5cnc6c(N)ncnc65)[C@H]5CC54CO[P@@](=O)(OCOC(=O)C(C)(C)C)O[C@@H]2[C@@H]3CO)c(=O)[nH]1. The Bertz CT molecular complexity index is 2580. The highest BCUT2D eigenvalue weighted by Gasteiger charge is 2.74. The molecule has 4 aromatic rings. The van der Waals surface area contributed by atoms with Crippen LogP contribution in [0.3, 0.4) is 0 Å². The molecule has 8 rings (SSSR count). The van der Waals surface area contributed by atoms with Crippen molar-refractivity contribution >= 4 is 66.1 Å². The number of aliphatic hydroxyl groups excluding tert-OH is 2. The molecule has 1 spiro atoms.